The largest absolute Gasteiger partial charge is 0.449 e. The van der Waals surface area contributed by atoms with Gasteiger partial charge in [0.1, 0.15) is 0 Å². The number of amides is 3. The molecule has 0 radical (unpaired) electrons. The first-order chi connectivity index (χ1) is 12.3. The molecule has 3 heterocycles. The van der Waals surface area contributed by atoms with Crippen molar-refractivity contribution in [3.63, 3.8) is 0 Å². The molecule has 0 unspecified atom stereocenters. The van der Waals surface area contributed by atoms with Crippen LogP contribution in [-0.4, -0.2) is 78.0 Å². The summed E-state index contributed by atoms with van der Waals surface area (Å²) in [6, 6.07) is 0.158. The van der Waals surface area contributed by atoms with Gasteiger partial charge in [0.05, 0.1) is 6.61 Å². The Labute approximate surface area is 155 Å². The summed E-state index contributed by atoms with van der Waals surface area (Å²) in [5.41, 5.74) is -0.0223. The smallest absolute Gasteiger partial charge is 0.410 e. The van der Waals surface area contributed by atoms with Gasteiger partial charge < -0.3 is 19.4 Å². The van der Waals surface area contributed by atoms with Crippen LogP contribution in [0.15, 0.2) is 0 Å². The van der Waals surface area contributed by atoms with E-state index in [-0.39, 0.29) is 35.3 Å². The van der Waals surface area contributed by atoms with Crippen LogP contribution in [0.5, 0.6) is 0 Å². The fraction of sp³-hybridized carbons (Fsp3) is 0.842. The highest BCUT2D eigenvalue weighted by molar-refractivity contribution is 5.80. The van der Waals surface area contributed by atoms with Crippen molar-refractivity contribution >= 4 is 17.9 Å². The standard InChI is InChI=1S/C19H31N3O4/c1-14(23)20-8-4-15(5-9-20)17(24)21-10-6-16(7-11-21)22-12-19(2,3)13-26-18(22)25/h15-16H,4-13H2,1-3H3. The van der Waals surface area contributed by atoms with Crippen LogP contribution in [0.2, 0.25) is 0 Å². The maximum absolute atomic E-state index is 12.8. The molecule has 146 valence electrons. The van der Waals surface area contributed by atoms with Crippen molar-refractivity contribution < 1.29 is 19.1 Å². The van der Waals surface area contributed by atoms with Gasteiger partial charge in [0.2, 0.25) is 11.8 Å². The number of carbonyl (C=O) groups is 3. The summed E-state index contributed by atoms with van der Waals surface area (Å²) < 4.78 is 5.33. The van der Waals surface area contributed by atoms with E-state index in [9.17, 15) is 14.4 Å². The van der Waals surface area contributed by atoms with Crippen molar-refractivity contribution in [2.75, 3.05) is 39.3 Å². The maximum Gasteiger partial charge on any atom is 0.410 e. The highest BCUT2D eigenvalue weighted by atomic mass is 16.6. The summed E-state index contributed by atoms with van der Waals surface area (Å²) in [4.78, 5) is 42.0. The van der Waals surface area contributed by atoms with Crippen molar-refractivity contribution in [3.8, 4) is 0 Å². The van der Waals surface area contributed by atoms with Crippen LogP contribution < -0.4 is 0 Å². The molecule has 0 saturated carbocycles. The molecule has 3 aliphatic rings. The number of hydrogen-bond acceptors (Lipinski definition) is 4. The molecule has 3 aliphatic heterocycles. The topological polar surface area (TPSA) is 70.2 Å². The van der Waals surface area contributed by atoms with E-state index in [0.717, 1.165) is 25.7 Å². The lowest BCUT2D eigenvalue weighted by Crippen LogP contribution is -2.55. The van der Waals surface area contributed by atoms with E-state index in [1.165, 1.54) is 0 Å². The molecule has 0 aromatic heterocycles. The van der Waals surface area contributed by atoms with Crippen molar-refractivity contribution in [2.45, 2.75) is 52.5 Å². The van der Waals surface area contributed by atoms with Crippen LogP contribution in [0.3, 0.4) is 0 Å². The summed E-state index contributed by atoms with van der Waals surface area (Å²) in [6.07, 6.45) is 2.91. The average molecular weight is 365 g/mol. The van der Waals surface area contributed by atoms with Crippen LogP contribution in [0, 0.1) is 11.3 Å². The Morgan fingerprint density at radius 1 is 1.00 bits per heavy atom. The summed E-state index contributed by atoms with van der Waals surface area (Å²) >= 11 is 0. The van der Waals surface area contributed by atoms with Gasteiger partial charge in [-0.3, -0.25) is 9.59 Å². The van der Waals surface area contributed by atoms with Gasteiger partial charge in [0, 0.05) is 57.0 Å². The van der Waals surface area contributed by atoms with Gasteiger partial charge in [-0.1, -0.05) is 13.8 Å². The van der Waals surface area contributed by atoms with E-state index in [4.69, 9.17) is 4.74 Å². The van der Waals surface area contributed by atoms with E-state index in [1.807, 2.05) is 14.7 Å². The monoisotopic (exact) mass is 365 g/mol. The Kier molecular flexibility index (Phi) is 5.44. The van der Waals surface area contributed by atoms with Gasteiger partial charge in [0.25, 0.3) is 0 Å². The van der Waals surface area contributed by atoms with E-state index in [0.29, 0.717) is 39.3 Å². The lowest BCUT2D eigenvalue weighted by molar-refractivity contribution is -0.141. The predicted octanol–water partition coefficient (Wildman–Crippen LogP) is 1.71. The molecule has 7 nitrogen and oxygen atoms in total. The molecule has 0 aromatic carbocycles. The van der Waals surface area contributed by atoms with Crippen LogP contribution >= 0.6 is 0 Å². The Balaban J connectivity index is 1.50. The average Bonchev–Trinajstić information content (AvgIpc) is 2.63. The minimum Gasteiger partial charge on any atom is -0.449 e. The lowest BCUT2D eigenvalue weighted by Gasteiger charge is -2.44. The second kappa shape index (κ2) is 7.45. The van der Waals surface area contributed by atoms with Gasteiger partial charge in [-0.15, -0.1) is 0 Å². The summed E-state index contributed by atoms with van der Waals surface area (Å²) in [5, 5.41) is 0. The molecule has 3 saturated heterocycles. The molecule has 3 fully saturated rings. The minimum atomic E-state index is -0.217. The number of nitrogens with zero attached hydrogens (tertiary/aromatic N) is 3. The molecule has 7 heteroatoms. The summed E-state index contributed by atoms with van der Waals surface area (Å²) in [6.45, 7) is 9.73. The third-order valence-corrected chi connectivity index (χ3v) is 5.93. The van der Waals surface area contributed by atoms with Crippen molar-refractivity contribution in [3.05, 3.63) is 0 Å². The third-order valence-electron chi connectivity index (χ3n) is 5.93. The molecular formula is C19H31N3O4. The van der Waals surface area contributed by atoms with Crippen molar-refractivity contribution in [1.29, 1.82) is 0 Å². The van der Waals surface area contributed by atoms with E-state index >= 15 is 0 Å². The van der Waals surface area contributed by atoms with Crippen LogP contribution in [0.1, 0.15) is 46.5 Å². The number of rotatable bonds is 2. The first-order valence-corrected chi connectivity index (χ1v) is 9.74. The fourth-order valence-electron chi connectivity index (χ4n) is 4.29. The first kappa shape index (κ1) is 19.0. The van der Waals surface area contributed by atoms with E-state index < -0.39 is 0 Å². The summed E-state index contributed by atoms with van der Waals surface area (Å²) in [7, 11) is 0. The number of carbonyl (C=O) groups excluding carboxylic acids is 3. The Hall–Kier alpha value is -1.79. The molecule has 26 heavy (non-hydrogen) atoms. The first-order valence-electron chi connectivity index (χ1n) is 9.74. The lowest BCUT2D eigenvalue weighted by atomic mass is 9.90. The third kappa shape index (κ3) is 4.13. The number of hydrogen-bond donors (Lipinski definition) is 0. The molecule has 0 N–H and O–H groups in total. The predicted molar refractivity (Wildman–Crippen MR) is 96.4 cm³/mol. The number of likely N-dealkylation sites (tertiary alicyclic amines) is 2. The van der Waals surface area contributed by atoms with Crippen molar-refractivity contribution in [1.82, 2.24) is 14.7 Å². The maximum atomic E-state index is 12.8. The van der Waals surface area contributed by atoms with Crippen molar-refractivity contribution in [2.24, 2.45) is 11.3 Å². The number of ether oxygens (including phenoxy) is 1. The normalized spacial score (nSPS) is 25.2. The molecule has 0 aromatic rings. The van der Waals surface area contributed by atoms with Gasteiger partial charge in [-0.05, 0) is 25.7 Å². The molecule has 0 atom stereocenters. The highest BCUT2D eigenvalue weighted by Crippen LogP contribution is 2.29. The van der Waals surface area contributed by atoms with E-state index in [2.05, 4.69) is 13.8 Å². The zero-order valence-electron chi connectivity index (χ0n) is 16.2. The van der Waals surface area contributed by atoms with E-state index in [1.54, 1.807) is 6.92 Å². The zero-order valence-corrected chi connectivity index (χ0v) is 16.2. The molecule has 3 rings (SSSR count). The van der Waals surface area contributed by atoms with Crippen LogP contribution in [0.25, 0.3) is 0 Å². The second-order valence-electron chi connectivity index (χ2n) is 8.68. The zero-order chi connectivity index (χ0) is 18.9. The van der Waals surface area contributed by atoms with Gasteiger partial charge in [-0.2, -0.15) is 0 Å². The number of piperidine rings is 2. The second-order valence-corrected chi connectivity index (χ2v) is 8.68. The molecule has 0 aliphatic carbocycles. The molecule has 0 bridgehead atoms. The molecular weight excluding hydrogens is 334 g/mol. The summed E-state index contributed by atoms with van der Waals surface area (Å²) in [5.74, 6) is 0.335. The Morgan fingerprint density at radius 2 is 1.58 bits per heavy atom. The SMILES string of the molecule is CC(=O)N1CCC(C(=O)N2CCC(N3CC(C)(C)COC3=O)CC2)CC1. The van der Waals surface area contributed by atoms with Gasteiger partial charge in [0.15, 0.2) is 0 Å². The molecule has 0 spiro atoms. The number of cyclic esters (lactones) is 1. The minimum absolute atomic E-state index is 0.0223. The molecule has 3 amide bonds. The Bertz CT molecular complexity index is 561. The highest BCUT2D eigenvalue weighted by Gasteiger charge is 2.39. The van der Waals surface area contributed by atoms with Crippen LogP contribution in [-0.2, 0) is 14.3 Å². The fourth-order valence-corrected chi connectivity index (χ4v) is 4.29. The van der Waals surface area contributed by atoms with Gasteiger partial charge >= 0.3 is 6.09 Å². The Morgan fingerprint density at radius 3 is 2.15 bits per heavy atom. The van der Waals surface area contributed by atoms with Gasteiger partial charge in [-0.25, -0.2) is 4.79 Å². The quantitative estimate of drug-likeness (QED) is 0.747. The van der Waals surface area contributed by atoms with Crippen LogP contribution in [0.4, 0.5) is 4.79 Å².